The average molecular weight is 630 g/mol. The number of ether oxygens (including phenoxy) is 1. The van der Waals surface area contributed by atoms with Crippen molar-refractivity contribution in [2.24, 2.45) is 22.9 Å². The third kappa shape index (κ3) is 7.77. The molecule has 0 radical (unpaired) electrons. The number of phenolic OH excluding ortho intramolecular Hbond substituents is 1. The minimum absolute atomic E-state index is 0.0528. The number of rotatable bonds is 14. The molecule has 252 valence electrons. The minimum Gasteiger partial charge on any atom is -0.508 e. The highest BCUT2D eigenvalue weighted by atomic mass is 16.6. The normalized spacial score (nSPS) is 28.0. The van der Waals surface area contributed by atoms with Crippen molar-refractivity contribution in [2.45, 2.75) is 116 Å². The number of urea groups is 1. The Morgan fingerprint density at radius 1 is 1.11 bits per heavy atom. The summed E-state index contributed by atoms with van der Waals surface area (Å²) in [6.07, 6.45) is 8.57. The Balaban J connectivity index is 1.95. The van der Waals surface area contributed by atoms with Gasteiger partial charge < -0.3 is 40.2 Å². The summed E-state index contributed by atoms with van der Waals surface area (Å²) in [7, 11) is 0. The Morgan fingerprint density at radius 3 is 2.47 bits per heavy atom. The van der Waals surface area contributed by atoms with Crippen molar-refractivity contribution in [3.05, 3.63) is 35.4 Å². The van der Waals surface area contributed by atoms with Crippen LogP contribution in [0.15, 0.2) is 35.0 Å². The maximum absolute atomic E-state index is 13.7. The predicted molar refractivity (Wildman–Crippen MR) is 174 cm³/mol. The lowest BCUT2D eigenvalue weighted by Gasteiger charge is -2.58. The molecule has 1 aliphatic heterocycles. The summed E-state index contributed by atoms with van der Waals surface area (Å²) in [6.45, 7) is 11.0. The van der Waals surface area contributed by atoms with Crippen LogP contribution in [0, 0.1) is 17.8 Å². The van der Waals surface area contributed by atoms with E-state index in [-0.39, 0.29) is 49.2 Å². The molecule has 1 saturated carbocycles. The second kappa shape index (κ2) is 15.2. The SMILES string of the molecule is CCCNC(=O)N(CCC)[C@H]1CC(=NOC(C)(C)C)C2=C[C@H](CCCCO)[C@@H](CCCCO)[C@@H]3c4cc(O)ccc4O[C@@]1(O)[C@H]23. The molecule has 6 atom stereocenters. The molecule has 0 spiro atoms. The standard InChI is InChI=1S/C35H55N3O7/c1-6-16-36-33(42)38(17-7-2)30-22-28(37-45-34(3,4)5)26-20-23(12-8-10-18-39)25(13-9-11-19-40)31-27-21-24(41)14-15-29(27)44-35(30,43)32(26)31/h14-15,20-21,23,25,30-32,39-41,43H,6-13,16-19,22H2,1-5H3,(H,36,42)/t23-,25+,30-,31+,32+,35+/m0/s1. The van der Waals surface area contributed by atoms with Gasteiger partial charge in [-0.15, -0.1) is 0 Å². The highest BCUT2D eigenvalue weighted by Crippen LogP contribution is 2.60. The first-order valence-corrected chi connectivity index (χ1v) is 17.0. The molecular formula is C35H55N3O7. The topological polar surface area (TPSA) is 144 Å². The van der Waals surface area contributed by atoms with Crippen molar-refractivity contribution in [1.29, 1.82) is 0 Å². The summed E-state index contributed by atoms with van der Waals surface area (Å²) in [5.41, 5.74) is 1.81. The van der Waals surface area contributed by atoms with E-state index in [2.05, 4.69) is 11.4 Å². The zero-order valence-electron chi connectivity index (χ0n) is 27.8. The Bertz CT molecular complexity index is 1210. The van der Waals surface area contributed by atoms with Crippen molar-refractivity contribution in [2.75, 3.05) is 26.3 Å². The summed E-state index contributed by atoms with van der Waals surface area (Å²) in [4.78, 5) is 21.4. The molecule has 5 N–H and O–H groups in total. The molecule has 10 heteroatoms. The van der Waals surface area contributed by atoms with Gasteiger partial charge in [-0.25, -0.2) is 4.79 Å². The third-order valence-electron chi connectivity index (χ3n) is 9.32. The van der Waals surface area contributed by atoms with E-state index in [0.717, 1.165) is 43.2 Å². The number of phenols is 1. The summed E-state index contributed by atoms with van der Waals surface area (Å²) < 4.78 is 6.62. The van der Waals surface area contributed by atoms with Gasteiger partial charge in [0.2, 0.25) is 5.79 Å². The summed E-state index contributed by atoms with van der Waals surface area (Å²) >= 11 is 0. The number of carbonyl (C=O) groups excluding carboxylic acids is 1. The van der Waals surface area contributed by atoms with E-state index in [0.29, 0.717) is 43.8 Å². The first-order chi connectivity index (χ1) is 21.5. The van der Waals surface area contributed by atoms with Gasteiger partial charge in [0, 0.05) is 44.2 Å². The van der Waals surface area contributed by atoms with Gasteiger partial charge in [0.15, 0.2) is 0 Å². The number of hydrogen-bond donors (Lipinski definition) is 5. The Kier molecular flexibility index (Phi) is 11.8. The van der Waals surface area contributed by atoms with E-state index in [1.807, 2.05) is 34.6 Å². The molecule has 45 heavy (non-hydrogen) atoms. The quantitative estimate of drug-likeness (QED) is 0.136. The highest BCUT2D eigenvalue weighted by Gasteiger charge is 2.64. The van der Waals surface area contributed by atoms with Crippen molar-refractivity contribution in [3.8, 4) is 11.5 Å². The third-order valence-corrected chi connectivity index (χ3v) is 9.32. The molecule has 4 rings (SSSR count). The van der Waals surface area contributed by atoms with Crippen LogP contribution in [0.2, 0.25) is 0 Å². The number of unbranched alkanes of at least 4 members (excludes halogenated alkanes) is 2. The Morgan fingerprint density at radius 2 is 1.82 bits per heavy atom. The van der Waals surface area contributed by atoms with Gasteiger partial charge in [-0.05, 0) is 94.9 Å². The maximum atomic E-state index is 13.7. The number of carbonyl (C=O) groups is 1. The zero-order valence-corrected chi connectivity index (χ0v) is 27.8. The molecule has 1 aromatic rings. The van der Waals surface area contributed by atoms with E-state index >= 15 is 0 Å². The van der Waals surface area contributed by atoms with E-state index in [1.165, 1.54) is 0 Å². The number of benzene rings is 1. The fraction of sp³-hybridized carbons (Fsp3) is 0.714. The van der Waals surface area contributed by atoms with E-state index < -0.39 is 23.3 Å². The van der Waals surface area contributed by atoms with Crippen LogP contribution in [0.3, 0.4) is 0 Å². The number of aliphatic hydroxyl groups is 3. The Hall–Kier alpha value is -2.82. The lowest BCUT2D eigenvalue weighted by atomic mass is 9.55. The van der Waals surface area contributed by atoms with Gasteiger partial charge >= 0.3 is 6.03 Å². The molecule has 2 amide bonds. The van der Waals surface area contributed by atoms with Crippen LogP contribution in [0.4, 0.5) is 4.79 Å². The van der Waals surface area contributed by atoms with Crippen LogP contribution < -0.4 is 10.1 Å². The van der Waals surface area contributed by atoms with Gasteiger partial charge in [0.25, 0.3) is 0 Å². The van der Waals surface area contributed by atoms with Gasteiger partial charge in [0.05, 0.1) is 11.6 Å². The van der Waals surface area contributed by atoms with Crippen LogP contribution in [0.1, 0.15) is 104 Å². The number of nitrogens with zero attached hydrogens (tertiary/aromatic N) is 2. The second-order valence-corrected chi connectivity index (χ2v) is 13.9. The van der Waals surface area contributed by atoms with Crippen LogP contribution in [-0.2, 0) is 4.84 Å². The highest BCUT2D eigenvalue weighted by molar-refractivity contribution is 6.03. The molecule has 1 aromatic carbocycles. The predicted octanol–water partition coefficient (Wildman–Crippen LogP) is 5.45. The summed E-state index contributed by atoms with van der Waals surface area (Å²) in [5.74, 6) is -1.84. The Labute approximate surface area is 268 Å². The molecule has 0 bridgehead atoms. The summed E-state index contributed by atoms with van der Waals surface area (Å²) in [5, 5.41) is 50.6. The minimum atomic E-state index is -1.77. The smallest absolute Gasteiger partial charge is 0.317 e. The number of fused-ring (bicyclic) bond motifs is 2. The fourth-order valence-electron chi connectivity index (χ4n) is 7.45. The number of hydrogen-bond acceptors (Lipinski definition) is 8. The van der Waals surface area contributed by atoms with Gasteiger partial charge in [0.1, 0.15) is 23.1 Å². The van der Waals surface area contributed by atoms with Crippen LogP contribution >= 0.6 is 0 Å². The second-order valence-electron chi connectivity index (χ2n) is 13.9. The molecule has 1 heterocycles. The van der Waals surface area contributed by atoms with E-state index in [9.17, 15) is 25.2 Å². The van der Waals surface area contributed by atoms with Gasteiger partial charge in [-0.3, -0.25) is 0 Å². The van der Waals surface area contributed by atoms with Crippen LogP contribution in [0.25, 0.3) is 0 Å². The van der Waals surface area contributed by atoms with Crippen molar-refractivity contribution >= 4 is 11.7 Å². The number of aromatic hydroxyl groups is 1. The molecule has 10 nitrogen and oxygen atoms in total. The van der Waals surface area contributed by atoms with E-state index in [4.69, 9.17) is 14.7 Å². The zero-order chi connectivity index (χ0) is 32.8. The van der Waals surface area contributed by atoms with Crippen LogP contribution in [-0.4, -0.2) is 80.8 Å². The van der Waals surface area contributed by atoms with Crippen LogP contribution in [0.5, 0.6) is 11.5 Å². The number of oxime groups is 1. The molecule has 0 unspecified atom stereocenters. The van der Waals surface area contributed by atoms with Crippen molar-refractivity contribution in [3.63, 3.8) is 0 Å². The average Bonchev–Trinajstić information content (AvgIpc) is 2.99. The number of amides is 2. The first kappa shape index (κ1) is 35.0. The lowest BCUT2D eigenvalue weighted by molar-refractivity contribution is -0.228. The fourth-order valence-corrected chi connectivity index (χ4v) is 7.45. The van der Waals surface area contributed by atoms with Crippen molar-refractivity contribution < 1.29 is 34.8 Å². The van der Waals surface area contributed by atoms with Gasteiger partial charge in [-0.2, -0.15) is 0 Å². The van der Waals surface area contributed by atoms with Crippen molar-refractivity contribution in [1.82, 2.24) is 10.2 Å². The molecule has 1 fully saturated rings. The number of allylic oxidation sites excluding steroid dienone is 1. The monoisotopic (exact) mass is 629 g/mol. The molecular weight excluding hydrogens is 574 g/mol. The van der Waals surface area contributed by atoms with E-state index in [1.54, 1.807) is 23.1 Å². The molecule has 0 aromatic heterocycles. The molecule has 3 aliphatic rings. The molecule has 0 saturated heterocycles. The number of aliphatic hydroxyl groups excluding tert-OH is 2. The maximum Gasteiger partial charge on any atom is 0.317 e. The van der Waals surface area contributed by atoms with Gasteiger partial charge in [-0.1, -0.05) is 37.9 Å². The molecule has 2 aliphatic carbocycles. The summed E-state index contributed by atoms with van der Waals surface area (Å²) in [6, 6.07) is 4.02. The largest absolute Gasteiger partial charge is 0.508 e. The number of nitrogens with one attached hydrogen (secondary N) is 1. The lowest BCUT2D eigenvalue weighted by Crippen LogP contribution is -2.69. The first-order valence-electron chi connectivity index (χ1n) is 17.0.